The number of H-pyrrole nitrogens is 1. The maximum absolute atomic E-state index is 12.2. The molecule has 0 radical (unpaired) electrons. The molecule has 1 amide bonds. The number of fused-ring (bicyclic) bond motifs is 1. The maximum atomic E-state index is 12.2. The Bertz CT molecular complexity index is 1160. The van der Waals surface area contributed by atoms with Gasteiger partial charge in [-0.1, -0.05) is 20.8 Å². The molecule has 1 aromatic heterocycles. The number of nitrogens with zero attached hydrogens (tertiary/aromatic N) is 1. The summed E-state index contributed by atoms with van der Waals surface area (Å²) in [6.45, 7) is 17.0. The lowest BCUT2D eigenvalue weighted by atomic mass is 9.88. The zero-order valence-electron chi connectivity index (χ0n) is 26.5. The molecule has 1 aliphatic heterocycles. The molecule has 1 aromatic carbocycles. The highest BCUT2D eigenvalue weighted by Gasteiger charge is 2.30. The van der Waals surface area contributed by atoms with Crippen molar-refractivity contribution >= 4 is 34.4 Å². The van der Waals surface area contributed by atoms with Gasteiger partial charge in [0.25, 0.3) is 0 Å². The van der Waals surface area contributed by atoms with Crippen LogP contribution >= 0.6 is 0 Å². The quantitative estimate of drug-likeness (QED) is 0.102. The molecule has 0 bridgehead atoms. The third-order valence-corrected chi connectivity index (χ3v) is 8.89. The first-order valence-corrected chi connectivity index (χ1v) is 16.1. The predicted octanol–water partition coefficient (Wildman–Crippen LogP) is 5.00. The molecule has 9 nitrogen and oxygen atoms in total. The van der Waals surface area contributed by atoms with E-state index >= 15 is 0 Å². The molecule has 42 heavy (non-hydrogen) atoms. The van der Waals surface area contributed by atoms with Crippen LogP contribution in [0.1, 0.15) is 97.6 Å². The molecule has 3 rings (SSSR count). The number of unbranched alkanes of at least 4 members (excludes halogenated alkanes) is 1. The molecule has 0 atom stereocenters. The van der Waals surface area contributed by atoms with Crippen LogP contribution in [0.3, 0.4) is 0 Å². The molecular weight excluding hydrogens is 552 g/mol. The van der Waals surface area contributed by atoms with Gasteiger partial charge in [0.1, 0.15) is 17.1 Å². The van der Waals surface area contributed by atoms with Crippen LogP contribution in [0.15, 0.2) is 17.2 Å². The van der Waals surface area contributed by atoms with Gasteiger partial charge >= 0.3 is 0 Å². The van der Waals surface area contributed by atoms with Gasteiger partial charge in [0.05, 0.1) is 5.52 Å². The second kappa shape index (κ2) is 16.1. The summed E-state index contributed by atoms with van der Waals surface area (Å²) in [5, 5.41) is 16.5. The van der Waals surface area contributed by atoms with Crippen molar-refractivity contribution in [1.82, 2.24) is 15.2 Å². The minimum Gasteiger partial charge on any atom is -0.870 e. The van der Waals surface area contributed by atoms with E-state index in [1.54, 1.807) is 0 Å². The summed E-state index contributed by atoms with van der Waals surface area (Å²) in [6.07, 6.45) is 6.35. The Hall–Kier alpha value is -2.11. The summed E-state index contributed by atoms with van der Waals surface area (Å²) < 4.78 is 0.137. The van der Waals surface area contributed by atoms with Gasteiger partial charge in [0.2, 0.25) is 10.9 Å². The predicted molar refractivity (Wildman–Crippen MR) is 171 cm³/mol. The summed E-state index contributed by atoms with van der Waals surface area (Å²) >= 11 is 1.27. The van der Waals surface area contributed by atoms with Gasteiger partial charge in [-0.2, -0.15) is 0 Å². The molecular formula is C32H54N4O5S. The van der Waals surface area contributed by atoms with Gasteiger partial charge in [-0.05, 0) is 95.9 Å². The monoisotopic (exact) mass is 606 g/mol. The number of ketones is 1. The average molecular weight is 607 g/mol. The Kier molecular flexibility index (Phi) is 13.8. The van der Waals surface area contributed by atoms with Crippen LogP contribution < -0.4 is 11.2 Å². The number of phenols is 1. The van der Waals surface area contributed by atoms with Gasteiger partial charge in [-0.25, -0.2) is 5.90 Å². The zero-order valence-corrected chi connectivity index (χ0v) is 27.4. The van der Waals surface area contributed by atoms with E-state index in [0.29, 0.717) is 43.9 Å². The Morgan fingerprint density at radius 2 is 1.76 bits per heavy atom. The second-order valence-electron chi connectivity index (χ2n) is 13.9. The largest absolute Gasteiger partial charge is 0.870 e. The average Bonchev–Trinajstić information content (AvgIpc) is 3.18. The van der Waals surface area contributed by atoms with Gasteiger partial charge in [0.15, 0.2) is 5.78 Å². The minimum atomic E-state index is -0.0652. The molecule has 1 saturated heterocycles. The fourth-order valence-corrected chi connectivity index (χ4v) is 6.76. The van der Waals surface area contributed by atoms with Crippen LogP contribution in [0, 0.1) is 11.3 Å². The molecule has 1 fully saturated rings. The molecule has 10 heteroatoms. The van der Waals surface area contributed by atoms with Gasteiger partial charge in [0, 0.05) is 54.2 Å². The summed E-state index contributed by atoms with van der Waals surface area (Å²) in [5.41, 5.74) is 3.62. The van der Waals surface area contributed by atoms with Crippen LogP contribution in [-0.4, -0.2) is 63.1 Å². The number of amides is 1. The molecule has 0 spiro atoms. The van der Waals surface area contributed by atoms with Crippen molar-refractivity contribution in [2.24, 2.45) is 17.2 Å². The number of carbonyl (C=O) groups is 2. The maximum Gasteiger partial charge on any atom is 0.227 e. The molecule has 0 saturated carbocycles. The number of rotatable bonds is 14. The second-order valence-corrected chi connectivity index (χ2v) is 15.9. The number of nitrogens with one attached hydrogen (secondary N) is 2. The third kappa shape index (κ3) is 11.5. The number of Topliss-reactive ketones (excluding diaryl/α,β-unsaturated/α-hetero) is 1. The minimum absolute atomic E-state index is 0. The smallest absolute Gasteiger partial charge is 0.227 e. The Labute approximate surface area is 256 Å². The first-order chi connectivity index (χ1) is 19.3. The van der Waals surface area contributed by atoms with Crippen molar-refractivity contribution in [3.63, 3.8) is 0 Å². The molecule has 238 valence electrons. The lowest BCUT2D eigenvalue weighted by Gasteiger charge is -2.32. The van der Waals surface area contributed by atoms with Crippen molar-refractivity contribution in [1.29, 1.82) is 0 Å². The summed E-state index contributed by atoms with van der Waals surface area (Å²) in [6, 6.07) is 3.96. The van der Waals surface area contributed by atoms with E-state index in [1.807, 2.05) is 6.07 Å². The van der Waals surface area contributed by atoms with Crippen molar-refractivity contribution in [3.05, 3.63) is 23.3 Å². The van der Waals surface area contributed by atoms with Crippen LogP contribution in [0.25, 0.3) is 10.9 Å². The number of carbonyl (C=O) groups excluding carboxylic acids is 2. The molecule has 2 aromatic rings. The number of nitrogens with two attached hydrogens (primary N) is 1. The Morgan fingerprint density at radius 3 is 2.38 bits per heavy atom. The van der Waals surface area contributed by atoms with Gasteiger partial charge < -0.3 is 20.9 Å². The summed E-state index contributed by atoms with van der Waals surface area (Å²) in [5.74, 6) is 5.88. The zero-order chi connectivity index (χ0) is 30.2. The van der Waals surface area contributed by atoms with E-state index in [4.69, 9.17) is 5.90 Å². The van der Waals surface area contributed by atoms with E-state index in [9.17, 15) is 14.7 Å². The van der Waals surface area contributed by atoms with Crippen molar-refractivity contribution in [2.45, 2.75) is 109 Å². The highest BCUT2D eigenvalue weighted by Crippen LogP contribution is 2.37. The number of aromatic nitrogens is 1. The van der Waals surface area contributed by atoms with Gasteiger partial charge in [-0.3, -0.25) is 19.3 Å². The van der Waals surface area contributed by atoms with E-state index in [0.717, 1.165) is 56.4 Å². The van der Waals surface area contributed by atoms with Crippen molar-refractivity contribution in [3.8, 4) is 5.75 Å². The highest BCUT2D eigenvalue weighted by atomic mass is 32.2. The normalized spacial score (nSPS) is 15.1. The molecule has 0 unspecified atom stereocenters. The standard InChI is InChI=1S/C32H52N4O4S.H2O/c1-31(2,3)19-25-24-11-12-27(38)26(29(24)35-30(25)41-32(4,5)6)20-36-17-14-22(15-18-36)13-16-34-28(39)10-8-7-9-23(37)21-40-33;/h11-12,22,35,38H,7-10,13-21,33H2,1-6H3,(H,34,39);1H2. The first-order valence-electron chi connectivity index (χ1n) is 15.2. The first kappa shape index (κ1) is 36.1. The summed E-state index contributed by atoms with van der Waals surface area (Å²) in [7, 11) is 0. The van der Waals surface area contributed by atoms with E-state index in [-0.39, 0.29) is 33.9 Å². The lowest BCUT2D eigenvalue weighted by Crippen LogP contribution is -2.35. The number of aromatic amines is 1. The number of hydrogen-bond donors (Lipinski definition) is 4. The van der Waals surface area contributed by atoms with Crippen LogP contribution in [0.4, 0.5) is 0 Å². The molecule has 2 heterocycles. The van der Waals surface area contributed by atoms with E-state index in [1.165, 1.54) is 27.7 Å². The Morgan fingerprint density at radius 1 is 1.10 bits per heavy atom. The van der Waals surface area contributed by atoms with Crippen LogP contribution in [-0.2, 0) is 39.2 Å². The molecule has 0 aliphatic carbocycles. The van der Waals surface area contributed by atoms with Crippen LogP contribution in [0.2, 0.25) is 0 Å². The van der Waals surface area contributed by atoms with Gasteiger partial charge in [-0.15, -0.1) is 0 Å². The Balaban J connectivity index is 0.00000616. The molecule has 1 aliphatic rings. The fourth-order valence-electron chi connectivity index (χ4n) is 5.59. The molecule has 6 N–H and O–H groups in total. The number of phenolic OH excluding ortho intramolecular Hbond substituents is 1. The number of benzene rings is 1. The third-order valence-electron chi connectivity index (χ3n) is 7.61. The number of piperidine rings is 1. The number of hydrogen-bond acceptors (Lipinski definition) is 7. The lowest BCUT2D eigenvalue weighted by molar-refractivity contribution is -0.124. The SMILES string of the molecule is CC(C)(C)Cc1c([SH+]C(C)(C)C)[nH]c2c(CN3CCC(CCNC(=O)CCCCC(=O)CON)CC3)c(O)ccc12.[OH-]. The van der Waals surface area contributed by atoms with Crippen molar-refractivity contribution < 1.29 is 25.0 Å². The van der Waals surface area contributed by atoms with E-state index < -0.39 is 0 Å². The van der Waals surface area contributed by atoms with Crippen molar-refractivity contribution in [2.75, 3.05) is 26.2 Å². The number of thiol groups is 1. The van der Waals surface area contributed by atoms with Crippen LogP contribution in [0.5, 0.6) is 5.75 Å². The highest BCUT2D eigenvalue weighted by molar-refractivity contribution is 7.80. The number of likely N-dealkylation sites (tertiary alicyclic amines) is 1. The fraction of sp³-hybridized carbons (Fsp3) is 0.688. The topological polar surface area (TPSA) is 151 Å². The summed E-state index contributed by atoms with van der Waals surface area (Å²) in [4.78, 5) is 34.1. The van der Waals surface area contributed by atoms with E-state index in [2.05, 4.69) is 67.6 Å². The number of aromatic hydroxyl groups is 1.